The van der Waals surface area contributed by atoms with Crippen LogP contribution < -0.4 is 11.1 Å². The maximum absolute atomic E-state index is 11.4. The first kappa shape index (κ1) is 13.9. The van der Waals surface area contributed by atoms with Gasteiger partial charge in [0, 0.05) is 0 Å². The number of nitrogens with one attached hydrogen (secondary N) is 1. The molecule has 0 fully saturated rings. The molecule has 5 heteroatoms. The van der Waals surface area contributed by atoms with E-state index in [2.05, 4.69) is 5.32 Å². The lowest BCUT2D eigenvalue weighted by Gasteiger charge is -2.16. The van der Waals surface area contributed by atoms with Crippen LogP contribution in [0.2, 0.25) is 0 Å². The van der Waals surface area contributed by atoms with Crippen LogP contribution in [0, 0.1) is 0 Å². The Balaban J connectivity index is 4.16. The average molecular weight is 216 g/mol. The first-order valence-corrected chi connectivity index (χ1v) is 5.31. The average Bonchev–Trinajstić information content (AvgIpc) is 2.22. The molecule has 2 unspecified atom stereocenters. The van der Waals surface area contributed by atoms with Crippen LogP contribution in [-0.2, 0) is 9.59 Å². The first-order valence-electron chi connectivity index (χ1n) is 5.31. The van der Waals surface area contributed by atoms with E-state index in [0.717, 1.165) is 12.8 Å². The highest BCUT2D eigenvalue weighted by Crippen LogP contribution is 2.01. The lowest BCUT2D eigenvalue weighted by Crippen LogP contribution is -2.48. The Bertz CT molecular complexity index is 219. The van der Waals surface area contributed by atoms with Gasteiger partial charge in [-0.2, -0.15) is 0 Å². The smallest absolute Gasteiger partial charge is 0.326 e. The highest BCUT2D eigenvalue weighted by atomic mass is 16.4. The van der Waals surface area contributed by atoms with Crippen molar-refractivity contribution in [2.75, 3.05) is 0 Å². The number of nitrogens with two attached hydrogens (primary N) is 1. The zero-order valence-corrected chi connectivity index (χ0v) is 9.32. The summed E-state index contributed by atoms with van der Waals surface area (Å²) in [5.41, 5.74) is 5.49. The number of carboxylic acids is 1. The molecule has 0 saturated carbocycles. The van der Waals surface area contributed by atoms with Gasteiger partial charge in [-0.1, -0.05) is 26.7 Å². The molecule has 0 radical (unpaired) electrons. The summed E-state index contributed by atoms with van der Waals surface area (Å²) in [6.07, 6.45) is 2.64. The second kappa shape index (κ2) is 7.23. The summed E-state index contributed by atoms with van der Waals surface area (Å²) >= 11 is 0. The summed E-state index contributed by atoms with van der Waals surface area (Å²) in [5, 5.41) is 11.3. The maximum Gasteiger partial charge on any atom is 0.326 e. The topological polar surface area (TPSA) is 92.4 Å². The molecule has 0 aromatic rings. The zero-order valence-electron chi connectivity index (χ0n) is 9.32. The number of hydrogen-bond acceptors (Lipinski definition) is 3. The molecule has 0 aromatic heterocycles. The third-order valence-corrected chi connectivity index (χ3v) is 2.24. The monoisotopic (exact) mass is 216 g/mol. The van der Waals surface area contributed by atoms with Crippen molar-refractivity contribution in [1.29, 1.82) is 0 Å². The number of unbranched alkanes of at least 4 members (excludes halogenated alkanes) is 1. The van der Waals surface area contributed by atoms with Gasteiger partial charge in [0.2, 0.25) is 5.91 Å². The summed E-state index contributed by atoms with van der Waals surface area (Å²) in [7, 11) is 0. The van der Waals surface area contributed by atoms with Crippen molar-refractivity contribution in [3.8, 4) is 0 Å². The normalized spacial score (nSPS) is 14.3. The molecule has 2 atom stereocenters. The van der Waals surface area contributed by atoms with E-state index < -0.39 is 18.1 Å². The number of rotatable bonds is 7. The van der Waals surface area contributed by atoms with Crippen LogP contribution in [0.25, 0.3) is 0 Å². The quantitative estimate of drug-likeness (QED) is 0.577. The molecule has 0 saturated heterocycles. The van der Waals surface area contributed by atoms with E-state index in [0.29, 0.717) is 12.8 Å². The van der Waals surface area contributed by atoms with E-state index in [1.54, 1.807) is 6.92 Å². The fourth-order valence-corrected chi connectivity index (χ4v) is 1.13. The van der Waals surface area contributed by atoms with Crippen LogP contribution in [0.3, 0.4) is 0 Å². The fourth-order valence-electron chi connectivity index (χ4n) is 1.13. The molecule has 0 rings (SSSR count). The molecular weight excluding hydrogens is 196 g/mol. The van der Waals surface area contributed by atoms with Gasteiger partial charge in [0.1, 0.15) is 6.04 Å². The SMILES string of the molecule is CCCCC(NC(=O)C(N)CC)C(=O)O. The maximum atomic E-state index is 11.4. The van der Waals surface area contributed by atoms with E-state index in [9.17, 15) is 9.59 Å². The minimum atomic E-state index is -1.000. The molecule has 15 heavy (non-hydrogen) atoms. The number of amides is 1. The molecule has 0 aliphatic carbocycles. The van der Waals surface area contributed by atoms with Crippen molar-refractivity contribution in [2.24, 2.45) is 5.73 Å². The molecule has 4 N–H and O–H groups in total. The van der Waals surface area contributed by atoms with E-state index in [-0.39, 0.29) is 5.91 Å². The minimum Gasteiger partial charge on any atom is -0.480 e. The minimum absolute atomic E-state index is 0.388. The Morgan fingerprint density at radius 3 is 2.40 bits per heavy atom. The second-order valence-electron chi connectivity index (χ2n) is 3.56. The third-order valence-electron chi connectivity index (χ3n) is 2.24. The molecule has 88 valence electrons. The molecule has 0 aliphatic rings. The molecular formula is C10H20N2O3. The van der Waals surface area contributed by atoms with E-state index in [4.69, 9.17) is 10.8 Å². The zero-order chi connectivity index (χ0) is 11.8. The number of hydrogen-bond donors (Lipinski definition) is 3. The van der Waals surface area contributed by atoms with E-state index in [1.165, 1.54) is 0 Å². The number of carbonyl (C=O) groups is 2. The predicted molar refractivity (Wildman–Crippen MR) is 57.4 cm³/mol. The van der Waals surface area contributed by atoms with E-state index in [1.807, 2.05) is 6.92 Å². The fraction of sp³-hybridized carbons (Fsp3) is 0.800. The Morgan fingerprint density at radius 1 is 1.40 bits per heavy atom. The number of aliphatic carboxylic acids is 1. The van der Waals surface area contributed by atoms with Gasteiger partial charge in [-0.25, -0.2) is 4.79 Å². The third kappa shape index (κ3) is 5.37. The molecule has 5 nitrogen and oxygen atoms in total. The van der Waals surface area contributed by atoms with Crippen molar-refractivity contribution in [3.63, 3.8) is 0 Å². The highest BCUT2D eigenvalue weighted by molar-refractivity contribution is 5.86. The van der Waals surface area contributed by atoms with Crippen molar-refractivity contribution in [2.45, 2.75) is 51.6 Å². The molecule has 0 aromatic carbocycles. The molecule has 0 spiro atoms. The largest absolute Gasteiger partial charge is 0.480 e. The van der Waals surface area contributed by atoms with Gasteiger partial charge >= 0.3 is 5.97 Å². The van der Waals surface area contributed by atoms with Crippen molar-refractivity contribution in [1.82, 2.24) is 5.32 Å². The van der Waals surface area contributed by atoms with Gasteiger partial charge in [0.05, 0.1) is 6.04 Å². The highest BCUT2D eigenvalue weighted by Gasteiger charge is 2.21. The van der Waals surface area contributed by atoms with Crippen molar-refractivity contribution >= 4 is 11.9 Å². The number of carboxylic acid groups (broad SMARTS) is 1. The summed E-state index contributed by atoms with van der Waals surface area (Å²) in [6.45, 7) is 3.75. The molecule has 1 amide bonds. The Kier molecular flexibility index (Phi) is 6.70. The van der Waals surface area contributed by atoms with Gasteiger partial charge in [0.15, 0.2) is 0 Å². The molecule has 0 aliphatic heterocycles. The summed E-state index contributed by atoms with van der Waals surface area (Å²) < 4.78 is 0. The lowest BCUT2D eigenvalue weighted by atomic mass is 10.1. The van der Waals surface area contributed by atoms with Gasteiger partial charge < -0.3 is 16.2 Å². The van der Waals surface area contributed by atoms with Gasteiger partial charge in [-0.05, 0) is 12.8 Å². The van der Waals surface area contributed by atoms with Crippen LogP contribution in [0.1, 0.15) is 39.5 Å². The first-order chi connectivity index (χ1) is 7.02. The van der Waals surface area contributed by atoms with Crippen LogP contribution in [-0.4, -0.2) is 29.1 Å². The Labute approximate surface area is 90.0 Å². The summed E-state index contributed by atoms with van der Waals surface area (Å²) in [5.74, 6) is -1.39. The molecule has 0 heterocycles. The Morgan fingerprint density at radius 2 is 2.00 bits per heavy atom. The standard InChI is InChI=1S/C10H20N2O3/c1-3-5-6-8(10(14)15)12-9(13)7(11)4-2/h7-8H,3-6,11H2,1-2H3,(H,12,13)(H,14,15). The summed E-state index contributed by atoms with van der Waals surface area (Å²) in [4.78, 5) is 22.1. The lowest BCUT2D eigenvalue weighted by molar-refractivity contribution is -0.142. The van der Waals surface area contributed by atoms with Crippen molar-refractivity contribution in [3.05, 3.63) is 0 Å². The Hall–Kier alpha value is -1.10. The van der Waals surface area contributed by atoms with Crippen molar-refractivity contribution < 1.29 is 14.7 Å². The molecule has 0 bridgehead atoms. The van der Waals surface area contributed by atoms with Crippen LogP contribution in [0.15, 0.2) is 0 Å². The second-order valence-corrected chi connectivity index (χ2v) is 3.56. The summed E-state index contributed by atoms with van der Waals surface area (Å²) in [6, 6.07) is -1.43. The van der Waals surface area contributed by atoms with Gasteiger partial charge in [0.25, 0.3) is 0 Å². The van der Waals surface area contributed by atoms with Gasteiger partial charge in [-0.15, -0.1) is 0 Å². The van der Waals surface area contributed by atoms with E-state index >= 15 is 0 Å². The number of carbonyl (C=O) groups excluding carboxylic acids is 1. The van der Waals surface area contributed by atoms with Crippen LogP contribution >= 0.6 is 0 Å². The van der Waals surface area contributed by atoms with Crippen LogP contribution in [0.4, 0.5) is 0 Å². The van der Waals surface area contributed by atoms with Gasteiger partial charge in [-0.3, -0.25) is 4.79 Å². The van der Waals surface area contributed by atoms with Crippen LogP contribution in [0.5, 0.6) is 0 Å². The predicted octanol–water partition coefficient (Wildman–Crippen LogP) is 0.483.